The minimum atomic E-state index is -4.55. The van der Waals surface area contributed by atoms with Gasteiger partial charge in [-0.15, -0.1) is 0 Å². The van der Waals surface area contributed by atoms with Crippen molar-refractivity contribution in [2.24, 2.45) is 0 Å². The number of fused-ring (bicyclic) bond motifs is 1. The molecule has 0 bridgehead atoms. The van der Waals surface area contributed by atoms with Crippen molar-refractivity contribution in [3.8, 4) is 11.1 Å². The van der Waals surface area contributed by atoms with E-state index in [2.05, 4.69) is 31.0 Å². The van der Waals surface area contributed by atoms with Crippen molar-refractivity contribution in [1.82, 2.24) is 24.9 Å². The van der Waals surface area contributed by atoms with E-state index in [0.717, 1.165) is 73.1 Å². The van der Waals surface area contributed by atoms with E-state index in [1.807, 2.05) is 0 Å². The van der Waals surface area contributed by atoms with E-state index in [1.165, 1.54) is 6.33 Å². The van der Waals surface area contributed by atoms with Gasteiger partial charge in [-0.3, -0.25) is 5.32 Å². The van der Waals surface area contributed by atoms with Crippen molar-refractivity contribution in [2.45, 2.75) is 38.6 Å². The van der Waals surface area contributed by atoms with Crippen LogP contribution < -0.4 is 21.7 Å². The average Bonchev–Trinajstić information content (AvgIpc) is 3.27. The second-order valence-corrected chi connectivity index (χ2v) is 9.45. The average molecular weight is 587 g/mol. The Hall–Kier alpha value is -4.27. The van der Waals surface area contributed by atoms with Crippen molar-refractivity contribution in [2.75, 3.05) is 43.7 Å². The fourth-order valence-corrected chi connectivity index (χ4v) is 4.57. The molecule has 0 aliphatic rings. The zero-order valence-electron chi connectivity index (χ0n) is 23.3. The van der Waals surface area contributed by atoms with Gasteiger partial charge in [0.25, 0.3) is 0 Å². The van der Waals surface area contributed by atoms with Crippen LogP contribution in [0, 0.1) is 0 Å². The molecule has 2 amide bonds. The number of ether oxygens (including phenoxy) is 2. The lowest BCUT2D eigenvalue weighted by Gasteiger charge is -2.11. The Morgan fingerprint density at radius 1 is 1.02 bits per heavy atom. The first-order chi connectivity index (χ1) is 20.2. The van der Waals surface area contributed by atoms with Gasteiger partial charge < -0.3 is 25.8 Å². The number of amides is 2. The summed E-state index contributed by atoms with van der Waals surface area (Å²) >= 11 is 0. The van der Waals surface area contributed by atoms with Gasteiger partial charge in [-0.25, -0.2) is 19.3 Å². The van der Waals surface area contributed by atoms with Crippen molar-refractivity contribution >= 4 is 28.9 Å². The summed E-state index contributed by atoms with van der Waals surface area (Å²) in [5, 5.41) is 12.9. The predicted octanol–water partition coefficient (Wildman–Crippen LogP) is 5.09. The standard InChI is InChI=1S/C28H33F3N8O3/c1-41-13-5-3-4-11-33-15-22-21(16-42-2)24(25-26(32)35-17-36-39(22)25)18-6-8-20(9-7-18)37-27(40)38-23-14-19(10-12-34-23)28(29,30)31/h6-10,12,14,17,33H,3-5,11,13,15-16H2,1-2H3,(H2,32,35,36)(H2,34,37,38,40). The number of methoxy groups -OCH3 is 2. The van der Waals surface area contributed by atoms with Crippen LogP contribution in [0.2, 0.25) is 0 Å². The highest BCUT2D eigenvalue weighted by Crippen LogP contribution is 2.36. The number of carbonyl (C=O) groups is 1. The van der Waals surface area contributed by atoms with Crippen LogP contribution in [0.1, 0.15) is 36.1 Å². The summed E-state index contributed by atoms with van der Waals surface area (Å²) in [4.78, 5) is 20.4. The number of carbonyl (C=O) groups excluding carboxylic acids is 1. The number of aromatic nitrogens is 4. The maximum atomic E-state index is 13.0. The molecule has 4 aromatic rings. The molecule has 0 radical (unpaired) electrons. The molecule has 0 fully saturated rings. The second-order valence-electron chi connectivity index (χ2n) is 9.45. The molecule has 3 heterocycles. The van der Waals surface area contributed by atoms with Gasteiger partial charge >= 0.3 is 12.2 Å². The predicted molar refractivity (Wildman–Crippen MR) is 153 cm³/mol. The SMILES string of the molecule is COCCCCCNCc1c(COC)c(-c2ccc(NC(=O)Nc3cc(C(F)(F)F)ccn3)cc2)c2c(N)ncnn12. The van der Waals surface area contributed by atoms with Crippen LogP contribution in [0.25, 0.3) is 16.6 Å². The first-order valence-corrected chi connectivity index (χ1v) is 13.3. The van der Waals surface area contributed by atoms with E-state index in [0.29, 0.717) is 30.2 Å². The fraction of sp³-hybridized carbons (Fsp3) is 0.357. The normalized spacial score (nSPS) is 11.6. The minimum Gasteiger partial charge on any atom is -0.385 e. The number of hydrogen-bond donors (Lipinski definition) is 4. The Balaban J connectivity index is 1.53. The monoisotopic (exact) mass is 586 g/mol. The highest BCUT2D eigenvalue weighted by Gasteiger charge is 2.31. The molecule has 1 aromatic carbocycles. The molecule has 224 valence electrons. The molecule has 0 saturated heterocycles. The third-order valence-electron chi connectivity index (χ3n) is 6.50. The van der Waals surface area contributed by atoms with Crippen molar-refractivity contribution in [3.05, 3.63) is 65.7 Å². The lowest BCUT2D eigenvalue weighted by atomic mass is 10.0. The number of pyridine rings is 1. The number of hydrogen-bond acceptors (Lipinski definition) is 8. The van der Waals surface area contributed by atoms with Crippen LogP contribution >= 0.6 is 0 Å². The Morgan fingerprint density at radius 3 is 2.52 bits per heavy atom. The maximum absolute atomic E-state index is 13.0. The van der Waals surface area contributed by atoms with Crippen LogP contribution in [-0.4, -0.2) is 53.0 Å². The summed E-state index contributed by atoms with van der Waals surface area (Å²) < 4.78 is 51.3. The molecule has 0 spiro atoms. The number of nitrogens with two attached hydrogens (primary N) is 1. The summed E-state index contributed by atoms with van der Waals surface area (Å²) in [5.41, 5.74) is 9.83. The first kappa shape index (κ1) is 30.7. The number of unbranched alkanes of at least 4 members (excludes halogenated alkanes) is 2. The molecule has 14 heteroatoms. The topological polar surface area (TPSA) is 141 Å². The molecular formula is C28H33F3N8O3. The third-order valence-corrected chi connectivity index (χ3v) is 6.50. The summed E-state index contributed by atoms with van der Waals surface area (Å²) in [5.74, 6) is 0.0772. The zero-order chi connectivity index (χ0) is 30.1. The fourth-order valence-electron chi connectivity index (χ4n) is 4.57. The number of nitrogen functional groups attached to an aromatic ring is 1. The number of halogens is 3. The molecular weight excluding hydrogens is 553 g/mol. The van der Waals surface area contributed by atoms with Gasteiger partial charge in [-0.2, -0.15) is 18.3 Å². The molecule has 0 aliphatic carbocycles. The molecule has 0 atom stereocenters. The number of alkyl halides is 3. The van der Waals surface area contributed by atoms with Gasteiger partial charge in [0.15, 0.2) is 5.82 Å². The van der Waals surface area contributed by atoms with Crippen LogP contribution in [-0.2, 0) is 28.8 Å². The van der Waals surface area contributed by atoms with Gasteiger partial charge in [-0.1, -0.05) is 12.1 Å². The highest BCUT2D eigenvalue weighted by atomic mass is 19.4. The molecule has 0 saturated carbocycles. The summed E-state index contributed by atoms with van der Waals surface area (Å²) in [7, 11) is 3.31. The van der Waals surface area contributed by atoms with E-state index in [1.54, 1.807) is 43.0 Å². The molecule has 0 unspecified atom stereocenters. The lowest BCUT2D eigenvalue weighted by molar-refractivity contribution is -0.137. The Bertz CT molecular complexity index is 1490. The number of benzene rings is 1. The van der Waals surface area contributed by atoms with Crippen LogP contribution in [0.5, 0.6) is 0 Å². The minimum absolute atomic E-state index is 0.227. The number of urea groups is 1. The van der Waals surface area contributed by atoms with Gasteiger partial charge in [0.05, 0.1) is 17.9 Å². The van der Waals surface area contributed by atoms with Crippen molar-refractivity contribution in [1.29, 1.82) is 0 Å². The Labute approximate surface area is 240 Å². The van der Waals surface area contributed by atoms with E-state index >= 15 is 0 Å². The Kier molecular flexibility index (Phi) is 10.3. The third kappa shape index (κ3) is 7.51. The quantitative estimate of drug-likeness (QED) is 0.159. The molecule has 11 nitrogen and oxygen atoms in total. The van der Waals surface area contributed by atoms with Crippen LogP contribution in [0.15, 0.2) is 48.9 Å². The van der Waals surface area contributed by atoms with E-state index < -0.39 is 17.8 Å². The smallest absolute Gasteiger partial charge is 0.385 e. The first-order valence-electron chi connectivity index (χ1n) is 13.3. The molecule has 3 aromatic heterocycles. The lowest BCUT2D eigenvalue weighted by Crippen LogP contribution is -2.20. The van der Waals surface area contributed by atoms with E-state index in [4.69, 9.17) is 15.2 Å². The van der Waals surface area contributed by atoms with E-state index in [-0.39, 0.29) is 5.82 Å². The molecule has 42 heavy (non-hydrogen) atoms. The maximum Gasteiger partial charge on any atom is 0.416 e. The number of rotatable bonds is 13. The van der Waals surface area contributed by atoms with E-state index in [9.17, 15) is 18.0 Å². The summed E-state index contributed by atoms with van der Waals surface area (Å²) in [6, 6.07) is 7.79. The van der Waals surface area contributed by atoms with Crippen molar-refractivity contribution < 1.29 is 27.4 Å². The highest BCUT2D eigenvalue weighted by molar-refractivity contribution is 5.99. The molecule has 0 aliphatic heterocycles. The number of anilines is 3. The van der Waals surface area contributed by atoms with Gasteiger partial charge in [-0.05, 0) is 55.6 Å². The Morgan fingerprint density at radius 2 is 1.81 bits per heavy atom. The number of nitrogens with zero attached hydrogens (tertiary/aromatic N) is 4. The summed E-state index contributed by atoms with van der Waals surface area (Å²) in [6.07, 6.45) is 0.893. The molecule has 5 N–H and O–H groups in total. The zero-order valence-corrected chi connectivity index (χ0v) is 23.3. The van der Waals surface area contributed by atoms with Gasteiger partial charge in [0.2, 0.25) is 0 Å². The van der Waals surface area contributed by atoms with Crippen molar-refractivity contribution in [3.63, 3.8) is 0 Å². The summed E-state index contributed by atoms with van der Waals surface area (Å²) in [6.45, 7) is 2.39. The van der Waals surface area contributed by atoms with Crippen LogP contribution in [0.3, 0.4) is 0 Å². The number of nitrogens with one attached hydrogen (secondary N) is 3. The second kappa shape index (κ2) is 14.1. The van der Waals surface area contributed by atoms with Crippen LogP contribution in [0.4, 0.5) is 35.3 Å². The largest absolute Gasteiger partial charge is 0.416 e. The molecule has 4 rings (SSSR count). The van der Waals surface area contributed by atoms with Gasteiger partial charge in [0, 0.05) is 50.4 Å². The van der Waals surface area contributed by atoms with Gasteiger partial charge in [0.1, 0.15) is 17.7 Å².